The van der Waals surface area contributed by atoms with Crippen molar-refractivity contribution in [1.82, 2.24) is 4.81 Å². The predicted molar refractivity (Wildman–Crippen MR) is 99.1 cm³/mol. The minimum absolute atomic E-state index is 0.0637. The quantitative estimate of drug-likeness (QED) is 0.609. The van der Waals surface area contributed by atoms with Crippen LogP contribution in [0.1, 0.15) is 53.0 Å². The summed E-state index contributed by atoms with van der Waals surface area (Å²) in [7, 11) is 0.0637. The Hall–Kier alpha value is -1.50. The third-order valence-electron chi connectivity index (χ3n) is 4.28. The lowest BCUT2D eigenvalue weighted by Gasteiger charge is -2.38. The predicted octanol–water partition coefficient (Wildman–Crippen LogP) is 4.31. The molecular formula is C20H28BNO. The maximum Gasteiger partial charge on any atom is 0.415 e. The van der Waals surface area contributed by atoms with E-state index in [1.165, 1.54) is 5.47 Å². The molecule has 0 bridgehead atoms. The zero-order valence-electron chi connectivity index (χ0n) is 15.1. The second kappa shape index (κ2) is 8.38. The minimum atomic E-state index is 0.0637. The van der Waals surface area contributed by atoms with Gasteiger partial charge in [0.2, 0.25) is 0 Å². The Labute approximate surface area is 142 Å². The van der Waals surface area contributed by atoms with Crippen molar-refractivity contribution in [3.63, 3.8) is 0 Å². The van der Waals surface area contributed by atoms with Crippen molar-refractivity contribution in [2.75, 3.05) is 6.61 Å². The first-order valence-electron chi connectivity index (χ1n) is 8.66. The zero-order valence-corrected chi connectivity index (χ0v) is 15.1. The molecule has 1 aliphatic rings. The summed E-state index contributed by atoms with van der Waals surface area (Å²) in [5, 5.41) is 0. The van der Waals surface area contributed by atoms with Crippen molar-refractivity contribution in [3.05, 3.63) is 46.9 Å². The summed E-state index contributed by atoms with van der Waals surface area (Å²) in [5.74, 6) is 6.63. The fourth-order valence-corrected chi connectivity index (χ4v) is 3.23. The third kappa shape index (κ3) is 4.74. The summed E-state index contributed by atoms with van der Waals surface area (Å²) in [6, 6.07) is 11.1. The third-order valence-corrected chi connectivity index (χ3v) is 4.28. The van der Waals surface area contributed by atoms with E-state index in [1.54, 1.807) is 0 Å². The maximum atomic E-state index is 6.15. The van der Waals surface area contributed by atoms with Gasteiger partial charge < -0.3 is 9.47 Å². The van der Waals surface area contributed by atoms with Crippen LogP contribution < -0.4 is 0 Å². The monoisotopic (exact) mass is 309 g/mol. The van der Waals surface area contributed by atoms with Crippen molar-refractivity contribution >= 4 is 7.05 Å². The van der Waals surface area contributed by atoms with Crippen molar-refractivity contribution in [2.24, 2.45) is 0 Å². The van der Waals surface area contributed by atoms with Gasteiger partial charge in [-0.3, -0.25) is 0 Å². The molecule has 1 aliphatic heterocycles. The van der Waals surface area contributed by atoms with E-state index in [9.17, 15) is 0 Å². The maximum absolute atomic E-state index is 6.15. The lowest BCUT2D eigenvalue weighted by atomic mass is 9.63. The summed E-state index contributed by atoms with van der Waals surface area (Å²) in [6.45, 7) is 11.9. The largest absolute Gasteiger partial charge is 0.418 e. The van der Waals surface area contributed by atoms with Crippen LogP contribution in [-0.4, -0.2) is 30.6 Å². The highest BCUT2D eigenvalue weighted by Gasteiger charge is 2.36. The molecule has 2 rings (SSSR count). The molecule has 0 spiro atoms. The molecule has 0 unspecified atom stereocenters. The molecular weight excluding hydrogens is 281 g/mol. The van der Waals surface area contributed by atoms with E-state index in [4.69, 9.17) is 4.65 Å². The second-order valence-corrected chi connectivity index (χ2v) is 6.73. The van der Waals surface area contributed by atoms with E-state index in [-0.39, 0.29) is 7.05 Å². The fourth-order valence-electron chi connectivity index (χ4n) is 3.23. The van der Waals surface area contributed by atoms with Crippen LogP contribution >= 0.6 is 0 Å². The molecule has 1 fully saturated rings. The van der Waals surface area contributed by atoms with Gasteiger partial charge in [-0.05, 0) is 55.0 Å². The normalized spacial score (nSPS) is 17.5. The van der Waals surface area contributed by atoms with E-state index >= 15 is 0 Å². The van der Waals surface area contributed by atoms with E-state index in [0.717, 1.165) is 30.6 Å². The number of allylic oxidation sites excluding steroid dienone is 2. The molecule has 122 valence electrons. The van der Waals surface area contributed by atoms with Crippen LogP contribution in [0.2, 0.25) is 0 Å². The fraction of sp³-hybridized carbons (Fsp3) is 0.500. The summed E-state index contributed by atoms with van der Waals surface area (Å²) in [6.07, 6.45) is 2.16. The summed E-state index contributed by atoms with van der Waals surface area (Å²) < 4.78 is 6.15. The van der Waals surface area contributed by atoms with Crippen LogP contribution in [0.3, 0.4) is 0 Å². The van der Waals surface area contributed by atoms with Gasteiger partial charge in [-0.2, -0.15) is 0 Å². The average Bonchev–Trinajstić information content (AvgIpc) is 2.53. The highest BCUT2D eigenvalue weighted by molar-refractivity contribution is 6.58. The van der Waals surface area contributed by atoms with Crippen molar-refractivity contribution in [1.29, 1.82) is 0 Å². The molecule has 3 heteroatoms. The molecule has 1 heterocycles. The van der Waals surface area contributed by atoms with Crippen LogP contribution in [-0.2, 0) is 4.65 Å². The number of hydrogen-bond donors (Lipinski definition) is 0. The Morgan fingerprint density at radius 1 is 1.13 bits per heavy atom. The van der Waals surface area contributed by atoms with Crippen LogP contribution in [0.25, 0.3) is 0 Å². The summed E-state index contributed by atoms with van der Waals surface area (Å²) >= 11 is 0. The van der Waals surface area contributed by atoms with E-state index in [1.807, 2.05) is 30.3 Å². The SMILES string of the molecule is C/C(C#Cc1ccccc1)=C1/CCCOB1N(C(C)C)C(C)C. The van der Waals surface area contributed by atoms with Crippen molar-refractivity contribution in [3.8, 4) is 11.8 Å². The smallest absolute Gasteiger partial charge is 0.415 e. The topological polar surface area (TPSA) is 12.5 Å². The first kappa shape index (κ1) is 17.9. The number of nitrogens with zero attached hydrogens (tertiary/aromatic N) is 1. The lowest BCUT2D eigenvalue weighted by Crippen LogP contribution is -2.52. The standard InChI is InChI=1S/C20H28BNO/c1-16(2)22(17(3)4)21-20(12-9-15-23-21)18(5)13-14-19-10-7-6-8-11-19/h6-8,10-11,16-17H,9,12,15H2,1-5H3/b20-18+. The van der Waals surface area contributed by atoms with Gasteiger partial charge in [-0.25, -0.2) is 0 Å². The first-order valence-corrected chi connectivity index (χ1v) is 8.66. The highest BCUT2D eigenvalue weighted by Crippen LogP contribution is 2.25. The van der Waals surface area contributed by atoms with Crippen LogP contribution in [0.15, 0.2) is 41.4 Å². The summed E-state index contributed by atoms with van der Waals surface area (Å²) in [5.41, 5.74) is 3.57. The second-order valence-electron chi connectivity index (χ2n) is 6.73. The highest BCUT2D eigenvalue weighted by atomic mass is 16.4. The average molecular weight is 309 g/mol. The molecule has 2 nitrogen and oxygen atoms in total. The van der Waals surface area contributed by atoms with Gasteiger partial charge in [0.1, 0.15) is 0 Å². The van der Waals surface area contributed by atoms with Crippen LogP contribution in [0.4, 0.5) is 0 Å². The molecule has 0 atom stereocenters. The lowest BCUT2D eigenvalue weighted by molar-refractivity contribution is 0.203. The molecule has 0 radical (unpaired) electrons. The van der Waals surface area contributed by atoms with Gasteiger partial charge in [0.15, 0.2) is 0 Å². The van der Waals surface area contributed by atoms with Gasteiger partial charge in [-0.15, -0.1) is 0 Å². The number of hydrogen-bond acceptors (Lipinski definition) is 2. The minimum Gasteiger partial charge on any atom is -0.418 e. The first-order chi connectivity index (χ1) is 11.0. The van der Waals surface area contributed by atoms with Crippen LogP contribution in [0, 0.1) is 11.8 Å². The Bertz CT molecular complexity index is 587. The number of benzene rings is 1. The molecule has 0 aromatic heterocycles. The van der Waals surface area contributed by atoms with E-state index < -0.39 is 0 Å². The molecule has 0 aliphatic carbocycles. The Kier molecular flexibility index (Phi) is 6.51. The van der Waals surface area contributed by atoms with Gasteiger partial charge in [-0.1, -0.05) is 57.7 Å². The van der Waals surface area contributed by atoms with E-state index in [0.29, 0.717) is 12.1 Å². The molecule has 0 N–H and O–H groups in total. The van der Waals surface area contributed by atoms with Crippen LogP contribution in [0.5, 0.6) is 0 Å². The van der Waals surface area contributed by atoms with Crippen molar-refractivity contribution < 1.29 is 4.65 Å². The van der Waals surface area contributed by atoms with Gasteiger partial charge >= 0.3 is 7.05 Å². The Morgan fingerprint density at radius 3 is 2.39 bits per heavy atom. The molecule has 1 aromatic rings. The Morgan fingerprint density at radius 2 is 1.78 bits per heavy atom. The summed E-state index contributed by atoms with van der Waals surface area (Å²) in [4.78, 5) is 2.45. The Balaban J connectivity index is 2.31. The molecule has 1 aromatic carbocycles. The van der Waals surface area contributed by atoms with E-state index in [2.05, 4.69) is 51.3 Å². The van der Waals surface area contributed by atoms with Gasteiger partial charge in [0, 0.05) is 12.2 Å². The zero-order chi connectivity index (χ0) is 16.8. The number of rotatable bonds is 3. The van der Waals surface area contributed by atoms with Gasteiger partial charge in [0.05, 0.1) is 0 Å². The molecule has 23 heavy (non-hydrogen) atoms. The molecule has 0 saturated carbocycles. The van der Waals surface area contributed by atoms with Crippen molar-refractivity contribution in [2.45, 2.75) is 59.5 Å². The van der Waals surface area contributed by atoms with Gasteiger partial charge in [0.25, 0.3) is 0 Å². The molecule has 0 amide bonds. The molecule has 1 saturated heterocycles.